The van der Waals surface area contributed by atoms with Gasteiger partial charge < -0.3 is 29.6 Å². The van der Waals surface area contributed by atoms with Crippen LogP contribution in [0.4, 0.5) is 0 Å². The van der Waals surface area contributed by atoms with Crippen LogP contribution in [0.5, 0.6) is 11.5 Å². The highest BCUT2D eigenvalue weighted by Gasteiger charge is 2.50. The molecule has 2 N–H and O–H groups in total. The number of carbonyl (C=O) groups is 2. The van der Waals surface area contributed by atoms with Crippen LogP contribution >= 0.6 is 0 Å². The molecule has 0 spiro atoms. The van der Waals surface area contributed by atoms with Gasteiger partial charge >= 0.3 is 0 Å². The Labute approximate surface area is 187 Å². The molecule has 0 aliphatic carbocycles. The summed E-state index contributed by atoms with van der Waals surface area (Å²) in [6.07, 6.45) is -1.14. The van der Waals surface area contributed by atoms with E-state index in [2.05, 4.69) is 0 Å². The lowest BCUT2D eigenvalue weighted by molar-refractivity contribution is 0.0181. The average molecular weight is 440 g/mol. The first kappa shape index (κ1) is 22.1. The predicted octanol–water partition coefficient (Wildman–Crippen LogP) is 2.26. The Bertz CT molecular complexity index is 959. The van der Waals surface area contributed by atoms with Crippen LogP contribution in [0, 0.1) is 0 Å². The van der Waals surface area contributed by atoms with E-state index in [1.807, 2.05) is 13.8 Å². The Morgan fingerprint density at radius 1 is 0.906 bits per heavy atom. The number of hydrogen-bond donors (Lipinski definition) is 1. The molecule has 2 aliphatic heterocycles. The summed E-state index contributed by atoms with van der Waals surface area (Å²) in [5.74, 6) is 0.686. The van der Waals surface area contributed by atoms with Crippen LogP contribution in [0.2, 0.25) is 0 Å². The van der Waals surface area contributed by atoms with Gasteiger partial charge in [-0.25, -0.2) is 0 Å². The van der Waals surface area contributed by atoms with E-state index in [1.54, 1.807) is 53.4 Å². The topological polar surface area (TPSA) is 100 Å². The third-order valence-electron chi connectivity index (χ3n) is 5.81. The molecule has 2 aromatic carbocycles. The first-order valence-corrected chi connectivity index (χ1v) is 10.9. The van der Waals surface area contributed by atoms with Gasteiger partial charge in [0, 0.05) is 24.2 Å². The quantitative estimate of drug-likeness (QED) is 0.676. The van der Waals surface area contributed by atoms with Crippen LogP contribution in [0.15, 0.2) is 48.5 Å². The van der Waals surface area contributed by atoms with Crippen LogP contribution in [-0.2, 0) is 9.47 Å². The molecule has 2 heterocycles. The van der Waals surface area contributed by atoms with Crippen LogP contribution in [0.25, 0.3) is 0 Å². The largest absolute Gasteiger partial charge is 0.485 e. The molecule has 0 unspecified atom stereocenters. The lowest BCUT2D eigenvalue weighted by Gasteiger charge is -2.20. The highest BCUT2D eigenvalue weighted by atomic mass is 16.6. The fourth-order valence-corrected chi connectivity index (χ4v) is 4.07. The van der Waals surface area contributed by atoms with Crippen molar-refractivity contribution in [3.63, 3.8) is 0 Å². The number of rotatable bonds is 8. The standard InChI is InChI=1S/C24H28N2O6/c1-3-26(4-2)24(28)15-8-10-17(11-9-15)31-19-13-29-22-20(14-30-21(19)22)32-18-7-5-6-16(12-18)23(25)27/h5-12,19-22H,3-4,13-14H2,1-2H3,(H2,25,27)/t19-,20+,21-,22-/m1/s1. The SMILES string of the molecule is CCN(CC)C(=O)c1ccc(O[C@@H]2CO[C@H]3[C@@H]2OC[C@@H]3Oc2cccc(C(N)=O)c2)cc1. The maximum absolute atomic E-state index is 12.5. The molecular weight excluding hydrogens is 412 g/mol. The summed E-state index contributed by atoms with van der Waals surface area (Å²) in [4.78, 5) is 25.6. The third kappa shape index (κ3) is 4.56. The molecule has 170 valence electrons. The van der Waals surface area contributed by atoms with E-state index in [-0.39, 0.29) is 30.3 Å². The zero-order chi connectivity index (χ0) is 22.7. The molecule has 0 aromatic heterocycles. The van der Waals surface area contributed by atoms with Gasteiger partial charge in [-0.05, 0) is 56.3 Å². The number of carbonyl (C=O) groups excluding carboxylic acids is 2. The monoisotopic (exact) mass is 440 g/mol. The van der Waals surface area contributed by atoms with E-state index >= 15 is 0 Å². The molecule has 2 aliphatic rings. The smallest absolute Gasteiger partial charge is 0.253 e. The number of nitrogens with two attached hydrogens (primary N) is 1. The Morgan fingerprint density at radius 3 is 2.06 bits per heavy atom. The first-order chi connectivity index (χ1) is 15.5. The van der Waals surface area contributed by atoms with Gasteiger partial charge in [-0.15, -0.1) is 0 Å². The number of fused-ring (bicyclic) bond motifs is 1. The summed E-state index contributed by atoms with van der Waals surface area (Å²) in [7, 11) is 0. The second kappa shape index (κ2) is 9.58. The lowest BCUT2D eigenvalue weighted by atomic mass is 10.1. The summed E-state index contributed by atoms with van der Waals surface area (Å²) >= 11 is 0. The maximum Gasteiger partial charge on any atom is 0.253 e. The minimum Gasteiger partial charge on any atom is -0.485 e. The summed E-state index contributed by atoms with van der Waals surface area (Å²) in [5, 5.41) is 0. The molecular formula is C24H28N2O6. The van der Waals surface area contributed by atoms with Crippen molar-refractivity contribution in [3.8, 4) is 11.5 Å². The summed E-state index contributed by atoms with van der Waals surface area (Å²) in [6, 6.07) is 13.9. The number of ether oxygens (including phenoxy) is 4. The van der Waals surface area contributed by atoms with Crippen LogP contribution in [-0.4, -0.2) is 67.4 Å². The summed E-state index contributed by atoms with van der Waals surface area (Å²) < 4.78 is 23.9. The fraction of sp³-hybridized carbons (Fsp3) is 0.417. The second-order valence-corrected chi connectivity index (χ2v) is 7.80. The highest BCUT2D eigenvalue weighted by Crippen LogP contribution is 2.32. The van der Waals surface area contributed by atoms with Gasteiger partial charge in [0.15, 0.2) is 12.2 Å². The number of nitrogens with zero attached hydrogens (tertiary/aromatic N) is 1. The van der Waals surface area contributed by atoms with Crippen molar-refractivity contribution in [1.29, 1.82) is 0 Å². The van der Waals surface area contributed by atoms with Crippen molar-refractivity contribution < 1.29 is 28.5 Å². The number of amides is 2. The predicted molar refractivity (Wildman–Crippen MR) is 117 cm³/mol. The Hall–Kier alpha value is -3.10. The zero-order valence-corrected chi connectivity index (χ0v) is 18.2. The van der Waals surface area contributed by atoms with Gasteiger partial charge in [0.05, 0.1) is 13.2 Å². The molecule has 32 heavy (non-hydrogen) atoms. The van der Waals surface area contributed by atoms with E-state index in [0.717, 1.165) is 0 Å². The van der Waals surface area contributed by atoms with Gasteiger partial charge in [0.25, 0.3) is 5.91 Å². The third-order valence-corrected chi connectivity index (χ3v) is 5.81. The van der Waals surface area contributed by atoms with Crippen molar-refractivity contribution in [1.82, 2.24) is 4.90 Å². The average Bonchev–Trinajstić information content (AvgIpc) is 3.38. The van der Waals surface area contributed by atoms with Crippen molar-refractivity contribution >= 4 is 11.8 Å². The fourth-order valence-electron chi connectivity index (χ4n) is 4.07. The minimum atomic E-state index is -0.508. The molecule has 4 atom stereocenters. The van der Waals surface area contributed by atoms with Crippen molar-refractivity contribution in [2.24, 2.45) is 5.73 Å². The van der Waals surface area contributed by atoms with E-state index in [4.69, 9.17) is 24.7 Å². The Kier molecular flexibility index (Phi) is 6.62. The molecule has 4 rings (SSSR count). The number of hydrogen-bond acceptors (Lipinski definition) is 6. The molecule has 0 saturated carbocycles. The van der Waals surface area contributed by atoms with Gasteiger partial charge in [0.1, 0.15) is 23.7 Å². The zero-order valence-electron chi connectivity index (χ0n) is 18.2. The maximum atomic E-state index is 12.5. The molecule has 8 heteroatoms. The molecule has 2 fully saturated rings. The molecule has 2 aromatic rings. The first-order valence-electron chi connectivity index (χ1n) is 10.9. The molecule has 2 amide bonds. The molecule has 0 radical (unpaired) electrons. The van der Waals surface area contributed by atoms with Crippen molar-refractivity contribution in [2.75, 3.05) is 26.3 Å². The summed E-state index contributed by atoms with van der Waals surface area (Å²) in [6.45, 7) is 5.99. The Balaban J connectivity index is 1.36. The van der Waals surface area contributed by atoms with Crippen LogP contribution in [0.3, 0.4) is 0 Å². The number of benzene rings is 2. The molecule has 2 saturated heterocycles. The minimum absolute atomic E-state index is 0.00494. The van der Waals surface area contributed by atoms with Crippen LogP contribution < -0.4 is 15.2 Å². The Morgan fingerprint density at radius 2 is 1.50 bits per heavy atom. The van der Waals surface area contributed by atoms with Crippen LogP contribution in [0.1, 0.15) is 34.6 Å². The van der Waals surface area contributed by atoms with E-state index in [0.29, 0.717) is 48.9 Å². The second-order valence-electron chi connectivity index (χ2n) is 7.80. The number of primary amides is 1. The van der Waals surface area contributed by atoms with Gasteiger partial charge in [-0.2, -0.15) is 0 Å². The van der Waals surface area contributed by atoms with E-state index < -0.39 is 5.91 Å². The normalized spacial score (nSPS) is 24.1. The van der Waals surface area contributed by atoms with Crippen molar-refractivity contribution in [2.45, 2.75) is 38.3 Å². The molecule has 8 nitrogen and oxygen atoms in total. The van der Waals surface area contributed by atoms with Gasteiger partial charge in [-0.3, -0.25) is 9.59 Å². The molecule has 0 bridgehead atoms. The lowest BCUT2D eigenvalue weighted by Crippen LogP contribution is -2.36. The van der Waals surface area contributed by atoms with Gasteiger partial charge in [-0.1, -0.05) is 6.07 Å². The highest BCUT2D eigenvalue weighted by molar-refractivity contribution is 5.94. The van der Waals surface area contributed by atoms with Crippen molar-refractivity contribution in [3.05, 3.63) is 59.7 Å². The summed E-state index contributed by atoms with van der Waals surface area (Å²) in [5.41, 5.74) is 6.35. The van der Waals surface area contributed by atoms with Gasteiger partial charge in [0.2, 0.25) is 5.91 Å². The van der Waals surface area contributed by atoms with E-state index in [1.165, 1.54) is 0 Å². The van der Waals surface area contributed by atoms with E-state index in [9.17, 15) is 9.59 Å².